The molecule has 0 amide bonds. The van der Waals surface area contributed by atoms with Crippen LogP contribution in [0.3, 0.4) is 0 Å². The molecule has 0 heteroatoms. The summed E-state index contributed by atoms with van der Waals surface area (Å²) in [5.74, 6) is 1.26. The topological polar surface area (TPSA) is 0 Å². The summed E-state index contributed by atoms with van der Waals surface area (Å²) in [4.78, 5) is 0. The standard InChI is InChI=1S/C17H28/c1-13(2)15(14-11-9-8-10-12-14)17(6,7)16(3,4)5/h8-13,15H,1-7H3. The van der Waals surface area contributed by atoms with Crippen LogP contribution in [-0.2, 0) is 0 Å². The second kappa shape index (κ2) is 4.84. The van der Waals surface area contributed by atoms with Crippen molar-refractivity contribution < 1.29 is 0 Å². The summed E-state index contributed by atoms with van der Waals surface area (Å²) in [7, 11) is 0. The second-order valence-corrected chi connectivity index (χ2v) is 7.10. The third-order valence-corrected chi connectivity index (χ3v) is 4.54. The Labute approximate surface area is 107 Å². The maximum absolute atomic E-state index is 2.41. The molecule has 0 saturated carbocycles. The smallest absolute Gasteiger partial charge is 0.00825 e. The molecule has 96 valence electrons. The Kier molecular flexibility index (Phi) is 4.06. The molecule has 0 N–H and O–H groups in total. The maximum atomic E-state index is 2.41. The first-order valence-electron chi connectivity index (χ1n) is 6.73. The first-order chi connectivity index (χ1) is 7.68. The van der Waals surface area contributed by atoms with Gasteiger partial charge in [-0.1, -0.05) is 78.8 Å². The molecule has 1 rings (SSSR count). The van der Waals surface area contributed by atoms with E-state index in [4.69, 9.17) is 0 Å². The Hall–Kier alpha value is -0.780. The van der Waals surface area contributed by atoms with Gasteiger partial charge in [-0.3, -0.25) is 0 Å². The Morgan fingerprint density at radius 1 is 0.824 bits per heavy atom. The minimum atomic E-state index is 0.280. The molecule has 1 aromatic rings. The summed E-state index contributed by atoms with van der Waals surface area (Å²) < 4.78 is 0. The Morgan fingerprint density at radius 3 is 1.65 bits per heavy atom. The fourth-order valence-corrected chi connectivity index (χ4v) is 2.76. The zero-order valence-corrected chi connectivity index (χ0v) is 12.5. The van der Waals surface area contributed by atoms with E-state index in [0.29, 0.717) is 17.3 Å². The van der Waals surface area contributed by atoms with Crippen molar-refractivity contribution in [3.05, 3.63) is 35.9 Å². The van der Waals surface area contributed by atoms with Crippen molar-refractivity contribution in [2.24, 2.45) is 16.7 Å². The number of benzene rings is 1. The van der Waals surface area contributed by atoms with Gasteiger partial charge in [-0.15, -0.1) is 0 Å². The Balaban J connectivity index is 3.20. The van der Waals surface area contributed by atoms with Crippen LogP contribution in [0, 0.1) is 16.7 Å². The molecule has 0 aliphatic carbocycles. The van der Waals surface area contributed by atoms with Gasteiger partial charge in [-0.05, 0) is 28.2 Å². The van der Waals surface area contributed by atoms with E-state index in [2.05, 4.69) is 78.8 Å². The van der Waals surface area contributed by atoms with E-state index in [1.54, 1.807) is 0 Å². The first kappa shape index (κ1) is 14.3. The van der Waals surface area contributed by atoms with Crippen molar-refractivity contribution in [2.75, 3.05) is 0 Å². The molecule has 0 aromatic heterocycles. The lowest BCUT2D eigenvalue weighted by atomic mass is 9.57. The second-order valence-electron chi connectivity index (χ2n) is 7.10. The summed E-state index contributed by atoms with van der Waals surface area (Å²) in [6, 6.07) is 11.0. The normalized spacial score (nSPS) is 15.1. The van der Waals surface area contributed by atoms with Crippen LogP contribution < -0.4 is 0 Å². The molecule has 0 nitrogen and oxygen atoms in total. The van der Waals surface area contributed by atoms with Crippen molar-refractivity contribution in [1.82, 2.24) is 0 Å². The third kappa shape index (κ3) is 2.91. The van der Waals surface area contributed by atoms with Gasteiger partial charge in [0.1, 0.15) is 0 Å². The lowest BCUT2D eigenvalue weighted by Crippen LogP contribution is -2.38. The molecule has 0 saturated heterocycles. The van der Waals surface area contributed by atoms with E-state index in [1.165, 1.54) is 5.56 Å². The van der Waals surface area contributed by atoms with Crippen molar-refractivity contribution in [1.29, 1.82) is 0 Å². The largest absolute Gasteiger partial charge is 0.0622 e. The SMILES string of the molecule is CC(C)C(c1ccccc1)C(C)(C)C(C)(C)C. The monoisotopic (exact) mass is 232 g/mol. The van der Waals surface area contributed by atoms with Gasteiger partial charge in [0.15, 0.2) is 0 Å². The molecular weight excluding hydrogens is 204 g/mol. The van der Waals surface area contributed by atoms with Gasteiger partial charge >= 0.3 is 0 Å². The van der Waals surface area contributed by atoms with Crippen LogP contribution in [0.1, 0.15) is 59.9 Å². The molecule has 17 heavy (non-hydrogen) atoms. The quantitative estimate of drug-likeness (QED) is 0.645. The third-order valence-electron chi connectivity index (χ3n) is 4.54. The lowest BCUT2D eigenvalue weighted by molar-refractivity contribution is 0.0721. The highest BCUT2D eigenvalue weighted by molar-refractivity contribution is 5.23. The van der Waals surface area contributed by atoms with Gasteiger partial charge in [0.2, 0.25) is 0 Å². The van der Waals surface area contributed by atoms with Crippen LogP contribution in [-0.4, -0.2) is 0 Å². The number of hydrogen-bond acceptors (Lipinski definition) is 0. The highest BCUT2D eigenvalue weighted by Gasteiger charge is 2.41. The summed E-state index contributed by atoms with van der Waals surface area (Å²) in [6.45, 7) is 16.5. The zero-order chi connectivity index (χ0) is 13.3. The molecular formula is C17H28. The average molecular weight is 232 g/mol. The summed E-state index contributed by atoms with van der Waals surface area (Å²) in [5.41, 5.74) is 2.06. The molecule has 1 aromatic carbocycles. The van der Waals surface area contributed by atoms with Gasteiger partial charge < -0.3 is 0 Å². The number of hydrogen-bond donors (Lipinski definition) is 0. The Bertz CT molecular complexity index is 338. The van der Waals surface area contributed by atoms with Gasteiger partial charge in [0, 0.05) is 0 Å². The highest BCUT2D eigenvalue weighted by Crippen LogP contribution is 2.51. The van der Waals surface area contributed by atoms with Gasteiger partial charge in [0.05, 0.1) is 0 Å². The van der Waals surface area contributed by atoms with E-state index < -0.39 is 0 Å². The van der Waals surface area contributed by atoms with Crippen molar-refractivity contribution in [3.8, 4) is 0 Å². The fraction of sp³-hybridized carbons (Fsp3) is 0.647. The van der Waals surface area contributed by atoms with E-state index in [0.717, 1.165) is 0 Å². The molecule has 0 bridgehead atoms. The summed E-state index contributed by atoms with van der Waals surface area (Å²) in [6.07, 6.45) is 0. The predicted molar refractivity (Wildman–Crippen MR) is 77.3 cm³/mol. The van der Waals surface area contributed by atoms with E-state index in [-0.39, 0.29) is 5.41 Å². The van der Waals surface area contributed by atoms with Crippen LogP contribution in [0.25, 0.3) is 0 Å². The fourth-order valence-electron chi connectivity index (χ4n) is 2.76. The van der Waals surface area contributed by atoms with Crippen molar-refractivity contribution in [3.63, 3.8) is 0 Å². The van der Waals surface area contributed by atoms with Gasteiger partial charge in [-0.25, -0.2) is 0 Å². The lowest BCUT2D eigenvalue weighted by Gasteiger charge is -2.47. The van der Waals surface area contributed by atoms with E-state index in [9.17, 15) is 0 Å². The van der Waals surface area contributed by atoms with Crippen LogP contribution in [0.2, 0.25) is 0 Å². The Morgan fingerprint density at radius 2 is 1.29 bits per heavy atom. The average Bonchev–Trinajstić information content (AvgIpc) is 2.16. The van der Waals surface area contributed by atoms with E-state index >= 15 is 0 Å². The van der Waals surface area contributed by atoms with Gasteiger partial charge in [0.25, 0.3) is 0 Å². The zero-order valence-electron chi connectivity index (χ0n) is 12.5. The first-order valence-corrected chi connectivity index (χ1v) is 6.73. The van der Waals surface area contributed by atoms with Crippen LogP contribution in [0.4, 0.5) is 0 Å². The maximum Gasteiger partial charge on any atom is -0.00825 e. The molecule has 1 unspecified atom stereocenters. The molecule has 0 aliphatic rings. The number of rotatable bonds is 3. The molecule has 0 heterocycles. The molecule has 0 fully saturated rings. The minimum Gasteiger partial charge on any atom is -0.0622 e. The molecule has 0 radical (unpaired) electrons. The molecule has 0 spiro atoms. The van der Waals surface area contributed by atoms with Crippen LogP contribution >= 0.6 is 0 Å². The van der Waals surface area contributed by atoms with E-state index in [1.807, 2.05) is 0 Å². The molecule has 0 aliphatic heterocycles. The van der Waals surface area contributed by atoms with Crippen molar-refractivity contribution >= 4 is 0 Å². The summed E-state index contributed by atoms with van der Waals surface area (Å²) in [5, 5.41) is 0. The van der Waals surface area contributed by atoms with Crippen LogP contribution in [0.5, 0.6) is 0 Å². The van der Waals surface area contributed by atoms with Gasteiger partial charge in [-0.2, -0.15) is 0 Å². The summed E-state index contributed by atoms with van der Waals surface area (Å²) >= 11 is 0. The predicted octanol–water partition coefficient (Wildman–Crippen LogP) is 5.50. The minimum absolute atomic E-state index is 0.280. The van der Waals surface area contributed by atoms with Crippen molar-refractivity contribution in [2.45, 2.75) is 54.4 Å². The molecule has 1 atom stereocenters. The van der Waals surface area contributed by atoms with Crippen LogP contribution in [0.15, 0.2) is 30.3 Å². The highest BCUT2D eigenvalue weighted by atomic mass is 14.5.